The zero-order valence-electron chi connectivity index (χ0n) is 13.8. The molecule has 1 saturated heterocycles. The van der Waals surface area contributed by atoms with Gasteiger partial charge in [-0.1, -0.05) is 30.3 Å². The first-order valence-corrected chi connectivity index (χ1v) is 9.21. The molecule has 0 radical (unpaired) electrons. The van der Waals surface area contributed by atoms with Crippen molar-refractivity contribution in [3.63, 3.8) is 0 Å². The van der Waals surface area contributed by atoms with Crippen molar-refractivity contribution in [2.24, 2.45) is 0 Å². The molecule has 2 aromatic rings. The molecule has 3 rings (SSSR count). The second kappa shape index (κ2) is 8.45. The Morgan fingerprint density at radius 1 is 1.16 bits per heavy atom. The maximum Gasteiger partial charge on any atom is 0.319 e. The van der Waals surface area contributed by atoms with Gasteiger partial charge >= 0.3 is 6.03 Å². The maximum atomic E-state index is 13.1. The number of anilines is 1. The minimum absolute atomic E-state index is 0.158. The van der Waals surface area contributed by atoms with Crippen LogP contribution in [0.5, 0.6) is 0 Å². The molecule has 1 heterocycles. The first-order chi connectivity index (χ1) is 12.1. The van der Waals surface area contributed by atoms with E-state index in [0.717, 1.165) is 13.1 Å². The van der Waals surface area contributed by atoms with E-state index in [4.69, 9.17) is 0 Å². The summed E-state index contributed by atoms with van der Waals surface area (Å²) in [5.74, 6) is -0.351. The monoisotopic (exact) mass is 405 g/mol. The van der Waals surface area contributed by atoms with Crippen molar-refractivity contribution in [2.45, 2.75) is 18.9 Å². The average molecular weight is 406 g/mol. The fourth-order valence-electron chi connectivity index (χ4n) is 3.13. The van der Waals surface area contributed by atoms with Gasteiger partial charge in [0.05, 0.1) is 11.7 Å². The highest BCUT2D eigenvalue weighted by molar-refractivity contribution is 9.10. The van der Waals surface area contributed by atoms with Gasteiger partial charge in [0.25, 0.3) is 0 Å². The van der Waals surface area contributed by atoms with E-state index in [9.17, 15) is 9.18 Å². The fourth-order valence-corrected chi connectivity index (χ4v) is 3.58. The molecule has 1 atom stereocenters. The van der Waals surface area contributed by atoms with Crippen LogP contribution in [0.3, 0.4) is 0 Å². The lowest BCUT2D eigenvalue weighted by Gasteiger charge is -2.28. The molecule has 1 fully saturated rings. The van der Waals surface area contributed by atoms with Crippen LogP contribution in [0.2, 0.25) is 0 Å². The Hall–Kier alpha value is -1.92. The molecule has 1 unspecified atom stereocenters. The summed E-state index contributed by atoms with van der Waals surface area (Å²) < 4.78 is 13.7. The number of urea groups is 1. The van der Waals surface area contributed by atoms with E-state index in [-0.39, 0.29) is 17.9 Å². The summed E-state index contributed by atoms with van der Waals surface area (Å²) in [5, 5.41) is 5.69. The Bertz CT molecular complexity index is 720. The number of hydrogen-bond donors (Lipinski definition) is 2. The molecule has 2 N–H and O–H groups in total. The van der Waals surface area contributed by atoms with Gasteiger partial charge in [0.15, 0.2) is 0 Å². The third-order valence-electron chi connectivity index (χ3n) is 4.40. The topological polar surface area (TPSA) is 44.4 Å². The van der Waals surface area contributed by atoms with Crippen LogP contribution in [0.1, 0.15) is 24.4 Å². The highest BCUT2D eigenvalue weighted by Crippen LogP contribution is 2.25. The zero-order chi connectivity index (χ0) is 17.6. The standard InChI is InChI=1S/C19H21BrFN3O/c20-16-12-15(21)8-9-17(16)23-19(25)22-13-18(24-10-4-5-11-24)14-6-2-1-3-7-14/h1-3,6-9,12,18H,4-5,10-11,13H2,(H2,22,23,25). The minimum Gasteiger partial charge on any atom is -0.336 e. The van der Waals surface area contributed by atoms with Gasteiger partial charge in [-0.3, -0.25) is 4.90 Å². The van der Waals surface area contributed by atoms with Crippen LogP contribution in [-0.2, 0) is 0 Å². The highest BCUT2D eigenvalue weighted by atomic mass is 79.9. The molecule has 4 nitrogen and oxygen atoms in total. The van der Waals surface area contributed by atoms with Crippen molar-refractivity contribution in [2.75, 3.05) is 25.0 Å². The van der Waals surface area contributed by atoms with Crippen molar-refractivity contribution in [1.82, 2.24) is 10.2 Å². The molecule has 1 aliphatic heterocycles. The van der Waals surface area contributed by atoms with Gasteiger partial charge in [0.1, 0.15) is 5.82 Å². The first-order valence-electron chi connectivity index (χ1n) is 8.42. The summed E-state index contributed by atoms with van der Waals surface area (Å²) in [4.78, 5) is 14.7. The normalized spacial score (nSPS) is 15.8. The second-order valence-corrected chi connectivity index (χ2v) is 6.98. The van der Waals surface area contributed by atoms with Gasteiger partial charge in [-0.25, -0.2) is 9.18 Å². The first kappa shape index (κ1) is 17.9. The van der Waals surface area contributed by atoms with Crippen LogP contribution in [0.4, 0.5) is 14.9 Å². The summed E-state index contributed by atoms with van der Waals surface area (Å²) in [6, 6.07) is 14.3. The number of benzene rings is 2. The summed E-state index contributed by atoms with van der Waals surface area (Å²) in [7, 11) is 0. The largest absolute Gasteiger partial charge is 0.336 e. The third-order valence-corrected chi connectivity index (χ3v) is 5.06. The lowest BCUT2D eigenvalue weighted by Crippen LogP contribution is -2.38. The predicted molar refractivity (Wildman–Crippen MR) is 101 cm³/mol. The van der Waals surface area contributed by atoms with E-state index in [0.29, 0.717) is 16.7 Å². The molecule has 0 saturated carbocycles. The molecule has 2 aromatic carbocycles. The van der Waals surface area contributed by atoms with E-state index in [1.54, 1.807) is 0 Å². The third kappa shape index (κ3) is 4.80. The number of amides is 2. The number of likely N-dealkylation sites (tertiary alicyclic amines) is 1. The van der Waals surface area contributed by atoms with Gasteiger partial charge < -0.3 is 10.6 Å². The minimum atomic E-state index is -0.351. The second-order valence-electron chi connectivity index (χ2n) is 6.13. The number of halogens is 2. The predicted octanol–water partition coefficient (Wildman–Crippen LogP) is 4.55. The lowest BCUT2D eigenvalue weighted by molar-refractivity contribution is 0.227. The molecule has 0 spiro atoms. The van der Waals surface area contributed by atoms with Gasteiger partial charge in [-0.05, 0) is 65.6 Å². The molecular formula is C19H21BrFN3O. The number of hydrogen-bond acceptors (Lipinski definition) is 2. The maximum absolute atomic E-state index is 13.1. The summed E-state index contributed by atoms with van der Waals surface area (Å²) in [6.07, 6.45) is 2.39. The van der Waals surface area contributed by atoms with Crippen LogP contribution in [0.25, 0.3) is 0 Å². The van der Waals surface area contributed by atoms with E-state index in [1.807, 2.05) is 18.2 Å². The summed E-state index contributed by atoms with van der Waals surface area (Å²) >= 11 is 3.26. The Kier molecular flexibility index (Phi) is 6.04. The number of carbonyl (C=O) groups is 1. The molecule has 2 amide bonds. The number of carbonyl (C=O) groups excluding carboxylic acids is 1. The van der Waals surface area contributed by atoms with Crippen molar-refractivity contribution in [1.29, 1.82) is 0 Å². The molecule has 0 bridgehead atoms. The van der Waals surface area contributed by atoms with E-state index in [1.165, 1.54) is 36.6 Å². The van der Waals surface area contributed by atoms with E-state index < -0.39 is 0 Å². The Labute approximate surface area is 155 Å². The zero-order valence-corrected chi connectivity index (χ0v) is 15.4. The van der Waals surface area contributed by atoms with Gasteiger partial charge in [-0.15, -0.1) is 0 Å². The summed E-state index contributed by atoms with van der Waals surface area (Å²) in [6.45, 7) is 2.62. The van der Waals surface area contributed by atoms with Crippen LogP contribution in [0, 0.1) is 5.82 Å². The van der Waals surface area contributed by atoms with Crippen molar-refractivity contribution in [3.05, 3.63) is 64.4 Å². The molecular weight excluding hydrogens is 385 g/mol. The van der Waals surface area contributed by atoms with Gasteiger partial charge in [-0.2, -0.15) is 0 Å². The van der Waals surface area contributed by atoms with Crippen molar-refractivity contribution in [3.8, 4) is 0 Å². The highest BCUT2D eigenvalue weighted by Gasteiger charge is 2.23. The van der Waals surface area contributed by atoms with Gasteiger partial charge in [0, 0.05) is 11.0 Å². The van der Waals surface area contributed by atoms with Crippen LogP contribution in [-0.4, -0.2) is 30.6 Å². The molecule has 0 aliphatic carbocycles. The number of rotatable bonds is 5. The molecule has 25 heavy (non-hydrogen) atoms. The quantitative estimate of drug-likeness (QED) is 0.766. The lowest BCUT2D eigenvalue weighted by atomic mass is 10.1. The van der Waals surface area contributed by atoms with Crippen molar-refractivity contribution >= 4 is 27.6 Å². The Morgan fingerprint density at radius 2 is 1.88 bits per heavy atom. The van der Waals surface area contributed by atoms with Crippen LogP contribution >= 0.6 is 15.9 Å². The van der Waals surface area contributed by atoms with Crippen LogP contribution in [0.15, 0.2) is 53.0 Å². The fraction of sp³-hybridized carbons (Fsp3) is 0.316. The average Bonchev–Trinajstić information content (AvgIpc) is 3.13. The van der Waals surface area contributed by atoms with E-state index >= 15 is 0 Å². The molecule has 0 aromatic heterocycles. The van der Waals surface area contributed by atoms with Gasteiger partial charge in [0.2, 0.25) is 0 Å². The molecule has 1 aliphatic rings. The number of nitrogens with zero attached hydrogens (tertiary/aromatic N) is 1. The van der Waals surface area contributed by atoms with Crippen LogP contribution < -0.4 is 10.6 Å². The Morgan fingerprint density at radius 3 is 2.56 bits per heavy atom. The molecule has 132 valence electrons. The summed E-state index contributed by atoms with van der Waals surface area (Å²) in [5.41, 5.74) is 1.74. The molecule has 6 heteroatoms. The van der Waals surface area contributed by atoms with E-state index in [2.05, 4.69) is 43.6 Å². The SMILES string of the molecule is O=C(NCC(c1ccccc1)N1CCCC1)Nc1ccc(F)cc1Br. The number of nitrogens with one attached hydrogen (secondary N) is 2. The Balaban J connectivity index is 1.63. The van der Waals surface area contributed by atoms with Crippen molar-refractivity contribution < 1.29 is 9.18 Å². The smallest absolute Gasteiger partial charge is 0.319 e.